The van der Waals surface area contributed by atoms with E-state index in [9.17, 15) is 22.0 Å². The van der Waals surface area contributed by atoms with Crippen LogP contribution in [0.3, 0.4) is 0 Å². The summed E-state index contributed by atoms with van der Waals surface area (Å²) in [7, 11) is -2.23. The van der Waals surface area contributed by atoms with Crippen molar-refractivity contribution in [2.75, 3.05) is 7.05 Å². The van der Waals surface area contributed by atoms with E-state index >= 15 is 0 Å². The topological polar surface area (TPSA) is 78.8 Å². The lowest BCUT2D eigenvalue weighted by molar-refractivity contribution is -0.132. The fraction of sp³-hybridized carbons (Fsp3) is 0.300. The summed E-state index contributed by atoms with van der Waals surface area (Å²) in [6.07, 6.45) is 0. The van der Waals surface area contributed by atoms with Gasteiger partial charge in [0.2, 0.25) is 5.91 Å². The van der Waals surface area contributed by atoms with Gasteiger partial charge in [0.15, 0.2) is 0 Å². The lowest BCUT2D eigenvalue weighted by Crippen LogP contribution is -2.39. The van der Waals surface area contributed by atoms with Gasteiger partial charge in [-0.3, -0.25) is 14.5 Å². The molecule has 0 aromatic heterocycles. The molecule has 0 radical (unpaired) electrons. The van der Waals surface area contributed by atoms with Gasteiger partial charge < -0.3 is 4.90 Å². The van der Waals surface area contributed by atoms with Crippen molar-refractivity contribution in [2.24, 2.45) is 10.9 Å². The number of carbonyl (C=O) groups is 1. The smallest absolute Gasteiger partial charge is 0.263 e. The monoisotopic (exact) mass is 421 g/mol. The molecule has 1 aliphatic rings. The summed E-state index contributed by atoms with van der Waals surface area (Å²) in [5.41, 5.74) is 0.572. The summed E-state index contributed by atoms with van der Waals surface area (Å²) in [6, 6.07) is 8.67. The van der Waals surface area contributed by atoms with Crippen molar-refractivity contribution in [3.8, 4) is 0 Å². The maximum Gasteiger partial charge on any atom is 0.263 e. The summed E-state index contributed by atoms with van der Waals surface area (Å²) in [4.78, 5) is 18.8. The lowest BCUT2D eigenvalue weighted by Gasteiger charge is -2.24. The molecule has 3 rings (SSSR count). The highest BCUT2D eigenvalue weighted by Gasteiger charge is 2.33. The third-order valence-electron chi connectivity index (χ3n) is 4.61. The Kier molecular flexibility index (Phi) is 5.70. The van der Waals surface area contributed by atoms with Gasteiger partial charge in [0, 0.05) is 30.8 Å². The van der Waals surface area contributed by atoms with E-state index in [1.807, 2.05) is 0 Å². The van der Waals surface area contributed by atoms with E-state index in [4.69, 9.17) is 0 Å². The molecule has 0 saturated carbocycles. The molecule has 1 aliphatic heterocycles. The summed E-state index contributed by atoms with van der Waals surface area (Å²) < 4.78 is 53.9. The lowest BCUT2D eigenvalue weighted by atomic mass is 10.0. The molecular weight excluding hydrogens is 400 g/mol. The number of likely N-dealkylation sites (N-methyl/N-ethyl adjacent to an activating group) is 1. The van der Waals surface area contributed by atoms with Crippen molar-refractivity contribution in [1.29, 1.82) is 0 Å². The van der Waals surface area contributed by atoms with E-state index in [1.54, 1.807) is 32.0 Å². The van der Waals surface area contributed by atoms with Crippen molar-refractivity contribution >= 4 is 21.8 Å². The Balaban J connectivity index is 1.88. The fourth-order valence-corrected chi connectivity index (χ4v) is 4.31. The highest BCUT2D eigenvalue weighted by molar-refractivity contribution is 7.90. The summed E-state index contributed by atoms with van der Waals surface area (Å²) in [6.45, 7) is 3.50. The predicted molar refractivity (Wildman–Crippen MR) is 105 cm³/mol. The molecule has 0 bridgehead atoms. The minimum Gasteiger partial charge on any atom is -0.339 e. The number of sulfonamides is 1. The second-order valence-electron chi connectivity index (χ2n) is 7.20. The van der Waals surface area contributed by atoms with Gasteiger partial charge in [-0.1, -0.05) is 32.0 Å². The Hall–Kier alpha value is -2.81. The number of benzene rings is 2. The second kappa shape index (κ2) is 7.90. The number of amides is 1. The predicted octanol–water partition coefficient (Wildman–Crippen LogP) is 2.69. The number of hydrogen-bond donors (Lipinski definition) is 1. The molecule has 2 aromatic carbocycles. The van der Waals surface area contributed by atoms with E-state index in [1.165, 1.54) is 24.1 Å². The van der Waals surface area contributed by atoms with Crippen LogP contribution in [0.25, 0.3) is 0 Å². The van der Waals surface area contributed by atoms with Crippen molar-refractivity contribution in [3.05, 3.63) is 65.2 Å². The largest absolute Gasteiger partial charge is 0.339 e. The Morgan fingerprint density at radius 2 is 1.86 bits per heavy atom. The number of aliphatic imine (C=N–C) groups is 1. The van der Waals surface area contributed by atoms with Crippen LogP contribution in [0.2, 0.25) is 0 Å². The molecule has 9 heteroatoms. The van der Waals surface area contributed by atoms with Crippen molar-refractivity contribution in [3.63, 3.8) is 0 Å². The van der Waals surface area contributed by atoms with Crippen LogP contribution in [0.15, 0.2) is 52.4 Å². The van der Waals surface area contributed by atoms with Gasteiger partial charge in [0.25, 0.3) is 10.0 Å². The van der Waals surface area contributed by atoms with Crippen molar-refractivity contribution in [2.45, 2.75) is 31.3 Å². The van der Waals surface area contributed by atoms with Crippen LogP contribution in [-0.2, 0) is 21.4 Å². The van der Waals surface area contributed by atoms with E-state index in [0.717, 1.165) is 12.1 Å². The van der Waals surface area contributed by atoms with Gasteiger partial charge in [-0.05, 0) is 24.1 Å². The number of halogens is 2. The van der Waals surface area contributed by atoms with Crippen LogP contribution in [0.4, 0.5) is 8.78 Å². The minimum absolute atomic E-state index is 0.0681. The molecule has 154 valence electrons. The number of hydrogen-bond acceptors (Lipinski definition) is 4. The number of fused-ring (bicyclic) bond motifs is 1. The Morgan fingerprint density at radius 3 is 2.52 bits per heavy atom. The first kappa shape index (κ1) is 20.9. The molecule has 1 N–H and O–H groups in total. The van der Waals surface area contributed by atoms with E-state index in [2.05, 4.69) is 9.71 Å². The number of rotatable bonds is 5. The Bertz CT molecular complexity index is 1080. The van der Waals surface area contributed by atoms with Gasteiger partial charge >= 0.3 is 0 Å². The maximum atomic E-state index is 13.9. The van der Waals surface area contributed by atoms with Gasteiger partial charge in [-0.15, -0.1) is 0 Å². The van der Waals surface area contributed by atoms with Crippen LogP contribution >= 0.6 is 0 Å². The number of carbonyl (C=O) groups excluding carboxylic acids is 1. The molecule has 1 amide bonds. The van der Waals surface area contributed by atoms with Gasteiger partial charge in [0.05, 0.1) is 4.90 Å². The maximum absolute atomic E-state index is 13.9. The first-order valence-corrected chi connectivity index (χ1v) is 10.5. The van der Waals surface area contributed by atoms with E-state index in [0.29, 0.717) is 5.56 Å². The molecule has 0 saturated heterocycles. The summed E-state index contributed by atoms with van der Waals surface area (Å²) >= 11 is 0. The number of amidine groups is 1. The fourth-order valence-electron chi connectivity index (χ4n) is 3.07. The van der Waals surface area contributed by atoms with Crippen LogP contribution in [0.1, 0.15) is 25.0 Å². The van der Waals surface area contributed by atoms with Gasteiger partial charge in [-0.2, -0.15) is 0 Å². The zero-order chi connectivity index (χ0) is 21.3. The van der Waals surface area contributed by atoms with Crippen molar-refractivity contribution in [1.82, 2.24) is 9.62 Å². The second-order valence-corrected chi connectivity index (χ2v) is 8.85. The van der Waals surface area contributed by atoms with Gasteiger partial charge in [0.1, 0.15) is 23.5 Å². The molecule has 0 fully saturated rings. The molecule has 1 atom stereocenters. The third-order valence-corrected chi connectivity index (χ3v) is 6.01. The summed E-state index contributed by atoms with van der Waals surface area (Å²) in [5.74, 6) is -1.98. The van der Waals surface area contributed by atoms with Gasteiger partial charge in [-0.25, -0.2) is 17.2 Å². The Labute approximate surface area is 168 Å². The molecule has 1 heterocycles. The molecule has 29 heavy (non-hydrogen) atoms. The van der Waals surface area contributed by atoms with E-state index < -0.39 is 33.6 Å². The van der Waals surface area contributed by atoms with Crippen molar-refractivity contribution < 1.29 is 22.0 Å². The molecule has 0 spiro atoms. The average Bonchev–Trinajstić information content (AvgIpc) is 2.92. The highest BCUT2D eigenvalue weighted by atomic mass is 32.2. The standard InChI is InChI=1S/C20H21F2N3O3S/c1-12(2)18(20(26)25(3)11-13-8-9-14(21)10-16(13)22)23-19-15-6-4-5-7-17(15)29(27,28)24-19/h4-10,12,18H,11H2,1-3H3,(H,23,24)/t18-/m1/s1. The Morgan fingerprint density at radius 1 is 1.17 bits per heavy atom. The molecule has 0 unspecified atom stereocenters. The average molecular weight is 421 g/mol. The quantitative estimate of drug-likeness (QED) is 0.806. The number of nitrogens with zero attached hydrogens (tertiary/aromatic N) is 2. The molecule has 2 aromatic rings. The molecule has 6 nitrogen and oxygen atoms in total. The zero-order valence-electron chi connectivity index (χ0n) is 16.2. The minimum atomic E-state index is -3.72. The van der Waals surface area contributed by atoms with E-state index in [-0.39, 0.29) is 28.8 Å². The molecule has 0 aliphatic carbocycles. The van der Waals surface area contributed by atoms with Crippen LogP contribution in [-0.4, -0.2) is 38.2 Å². The summed E-state index contributed by atoms with van der Waals surface area (Å²) in [5, 5.41) is 0. The zero-order valence-corrected chi connectivity index (χ0v) is 17.0. The first-order chi connectivity index (χ1) is 13.6. The van der Waals surface area contributed by atoms with Crippen LogP contribution in [0, 0.1) is 17.6 Å². The highest BCUT2D eigenvalue weighted by Crippen LogP contribution is 2.24. The number of nitrogens with one attached hydrogen (secondary N) is 1. The normalized spacial score (nSPS) is 17.1. The van der Waals surface area contributed by atoms with Crippen LogP contribution in [0.5, 0.6) is 0 Å². The molecular formula is C20H21F2N3O3S. The van der Waals surface area contributed by atoms with Crippen LogP contribution < -0.4 is 4.72 Å². The first-order valence-electron chi connectivity index (χ1n) is 8.99. The SMILES string of the molecule is CC(C)[C@@H](N=C1NS(=O)(=O)c2ccccc21)C(=O)N(C)Cc1ccc(F)cc1F. The third kappa shape index (κ3) is 4.29.